The lowest BCUT2D eigenvalue weighted by atomic mass is 10.0. The third-order valence-electron chi connectivity index (χ3n) is 8.04. The highest BCUT2D eigenvalue weighted by Crippen LogP contribution is 2.53. The highest BCUT2D eigenvalue weighted by atomic mass is 35.5. The van der Waals surface area contributed by atoms with Gasteiger partial charge in [-0.05, 0) is 42.2 Å². The SMILES string of the molecule is COc1nc2c(c(N3CCC4C(C3)C4C(=O)N(C)OC)n1)CCN(c1cccc3cccc(Cl)c13)C2. The van der Waals surface area contributed by atoms with E-state index < -0.39 is 0 Å². The number of hydrogen-bond acceptors (Lipinski definition) is 7. The van der Waals surface area contributed by atoms with E-state index in [1.54, 1.807) is 14.2 Å². The van der Waals surface area contributed by atoms with Crippen LogP contribution >= 0.6 is 11.6 Å². The van der Waals surface area contributed by atoms with Crippen molar-refractivity contribution in [1.82, 2.24) is 15.0 Å². The molecule has 3 heterocycles. The molecule has 9 heteroatoms. The number of nitrogens with zero attached hydrogens (tertiary/aromatic N) is 5. The molecule has 0 radical (unpaired) electrons. The van der Waals surface area contributed by atoms with Gasteiger partial charge in [0.2, 0.25) is 5.91 Å². The molecule has 6 rings (SSSR count). The van der Waals surface area contributed by atoms with Gasteiger partial charge in [-0.3, -0.25) is 9.63 Å². The van der Waals surface area contributed by atoms with E-state index >= 15 is 0 Å². The number of aromatic nitrogens is 2. The van der Waals surface area contributed by atoms with Crippen molar-refractivity contribution >= 4 is 39.8 Å². The molecule has 3 aromatic rings. The van der Waals surface area contributed by atoms with Gasteiger partial charge in [-0.25, -0.2) is 5.06 Å². The summed E-state index contributed by atoms with van der Waals surface area (Å²) in [4.78, 5) is 32.1. The number of methoxy groups -OCH3 is 1. The van der Waals surface area contributed by atoms with Crippen LogP contribution < -0.4 is 14.5 Å². The lowest BCUT2D eigenvalue weighted by molar-refractivity contribution is -0.170. The maximum atomic E-state index is 12.7. The molecule has 2 aromatic carbocycles. The fraction of sp³-hybridized carbons (Fsp3) is 0.444. The predicted molar refractivity (Wildman–Crippen MR) is 139 cm³/mol. The Kier molecular flexibility index (Phi) is 5.88. The molecule has 0 spiro atoms. The molecule has 3 unspecified atom stereocenters. The maximum Gasteiger partial charge on any atom is 0.318 e. The van der Waals surface area contributed by atoms with E-state index in [0.29, 0.717) is 24.4 Å². The van der Waals surface area contributed by atoms with Crippen LogP contribution in [0.4, 0.5) is 11.5 Å². The van der Waals surface area contributed by atoms with E-state index in [9.17, 15) is 4.79 Å². The molecule has 8 nitrogen and oxygen atoms in total. The van der Waals surface area contributed by atoms with Gasteiger partial charge in [0.25, 0.3) is 0 Å². The Balaban J connectivity index is 1.29. The summed E-state index contributed by atoms with van der Waals surface area (Å²) < 4.78 is 5.52. The lowest BCUT2D eigenvalue weighted by Gasteiger charge is -2.35. The number of carbonyl (C=O) groups excluding carboxylic acids is 1. The third kappa shape index (κ3) is 3.83. The van der Waals surface area contributed by atoms with Crippen molar-refractivity contribution in [2.24, 2.45) is 17.8 Å². The van der Waals surface area contributed by atoms with E-state index in [1.165, 1.54) is 17.7 Å². The van der Waals surface area contributed by atoms with E-state index in [4.69, 9.17) is 31.1 Å². The van der Waals surface area contributed by atoms with Crippen molar-refractivity contribution in [2.45, 2.75) is 19.4 Å². The van der Waals surface area contributed by atoms with E-state index in [0.717, 1.165) is 65.5 Å². The van der Waals surface area contributed by atoms with Crippen molar-refractivity contribution in [3.8, 4) is 6.01 Å². The van der Waals surface area contributed by atoms with Gasteiger partial charge in [0.15, 0.2) is 0 Å². The first-order chi connectivity index (χ1) is 17.5. The molecule has 1 aliphatic carbocycles. The second-order valence-electron chi connectivity index (χ2n) is 9.85. The first-order valence-electron chi connectivity index (χ1n) is 12.4. The molecule has 3 atom stereocenters. The topological polar surface area (TPSA) is 71.0 Å². The zero-order valence-electron chi connectivity index (χ0n) is 20.8. The second-order valence-corrected chi connectivity index (χ2v) is 10.3. The summed E-state index contributed by atoms with van der Waals surface area (Å²) in [7, 11) is 4.83. The Hall–Kier alpha value is -3.10. The highest BCUT2D eigenvalue weighted by molar-refractivity contribution is 6.36. The quantitative estimate of drug-likeness (QED) is 0.484. The van der Waals surface area contributed by atoms with E-state index in [-0.39, 0.29) is 11.8 Å². The number of amides is 1. The van der Waals surface area contributed by atoms with Crippen LogP contribution in [0.5, 0.6) is 6.01 Å². The number of halogens is 1. The Morgan fingerprint density at radius 1 is 1.08 bits per heavy atom. The molecule has 188 valence electrons. The molecule has 3 aliphatic rings. The zero-order valence-corrected chi connectivity index (χ0v) is 21.5. The monoisotopic (exact) mass is 507 g/mol. The molecule has 0 N–H and O–H groups in total. The van der Waals surface area contributed by atoms with Gasteiger partial charge in [-0.1, -0.05) is 35.9 Å². The minimum atomic E-state index is 0.0334. The summed E-state index contributed by atoms with van der Waals surface area (Å²) in [6.07, 6.45) is 1.80. The van der Waals surface area contributed by atoms with Crippen LogP contribution in [0.2, 0.25) is 5.02 Å². The van der Waals surface area contributed by atoms with Crippen LogP contribution in [0, 0.1) is 17.8 Å². The fourth-order valence-electron chi connectivity index (χ4n) is 6.08. The number of hydroxylamine groups is 2. The average Bonchev–Trinajstić information content (AvgIpc) is 3.64. The first kappa shape index (κ1) is 23.3. The summed E-state index contributed by atoms with van der Waals surface area (Å²) >= 11 is 6.62. The maximum absolute atomic E-state index is 12.7. The van der Waals surface area contributed by atoms with Crippen molar-refractivity contribution in [1.29, 1.82) is 0 Å². The van der Waals surface area contributed by atoms with Gasteiger partial charge in [-0.2, -0.15) is 9.97 Å². The molecule has 1 saturated heterocycles. The summed E-state index contributed by atoms with van der Waals surface area (Å²) in [5.41, 5.74) is 3.27. The molecular formula is C27H30ClN5O3. The molecule has 1 amide bonds. The number of ether oxygens (including phenoxy) is 1. The normalized spacial score (nSPS) is 22.7. The largest absolute Gasteiger partial charge is 0.467 e. The summed E-state index contributed by atoms with van der Waals surface area (Å²) in [5, 5.41) is 4.31. The number of benzene rings is 2. The molecule has 36 heavy (non-hydrogen) atoms. The zero-order chi connectivity index (χ0) is 25.0. The van der Waals surface area contributed by atoms with Gasteiger partial charge >= 0.3 is 6.01 Å². The molecule has 2 fully saturated rings. The summed E-state index contributed by atoms with van der Waals surface area (Å²) in [5.74, 6) is 1.81. The van der Waals surface area contributed by atoms with Gasteiger partial charge in [0.1, 0.15) is 5.82 Å². The lowest BCUT2D eigenvalue weighted by Crippen LogP contribution is -2.37. The Bertz CT molecular complexity index is 1330. The van der Waals surface area contributed by atoms with Gasteiger partial charge < -0.3 is 14.5 Å². The van der Waals surface area contributed by atoms with Crippen LogP contribution in [-0.2, 0) is 22.6 Å². The number of carbonyl (C=O) groups is 1. The Labute approximate surface area is 215 Å². The van der Waals surface area contributed by atoms with Crippen LogP contribution in [0.3, 0.4) is 0 Å². The van der Waals surface area contributed by atoms with E-state index in [1.807, 2.05) is 12.1 Å². The number of anilines is 2. The van der Waals surface area contributed by atoms with Crippen LogP contribution in [-0.4, -0.2) is 61.8 Å². The fourth-order valence-corrected chi connectivity index (χ4v) is 6.36. The highest BCUT2D eigenvalue weighted by Gasteiger charge is 2.57. The van der Waals surface area contributed by atoms with Crippen LogP contribution in [0.15, 0.2) is 36.4 Å². The van der Waals surface area contributed by atoms with Gasteiger partial charge in [0.05, 0.1) is 31.5 Å². The van der Waals surface area contributed by atoms with E-state index in [2.05, 4.69) is 34.1 Å². The molecule has 2 aliphatic heterocycles. The number of rotatable bonds is 5. The number of fused-ring (bicyclic) bond motifs is 3. The summed E-state index contributed by atoms with van der Waals surface area (Å²) in [6.45, 7) is 3.19. The third-order valence-corrected chi connectivity index (χ3v) is 8.36. The van der Waals surface area contributed by atoms with Crippen LogP contribution in [0.25, 0.3) is 10.8 Å². The molecular weight excluding hydrogens is 478 g/mol. The molecule has 1 saturated carbocycles. The molecule has 1 aromatic heterocycles. The Morgan fingerprint density at radius 3 is 2.67 bits per heavy atom. The van der Waals surface area contributed by atoms with Crippen LogP contribution in [0.1, 0.15) is 17.7 Å². The standard InChI is InChI=1S/C27H30ClN5O3/c1-31(36-3)26(34)24-17-10-13-33(14-19(17)24)25-18-11-12-32(15-21(18)29-27(30-25)35-2)22-9-5-7-16-6-4-8-20(28)23(16)22/h4-9,17,19,24H,10-15H2,1-3H3. The number of piperidine rings is 1. The summed E-state index contributed by atoms with van der Waals surface area (Å²) in [6, 6.07) is 12.7. The minimum Gasteiger partial charge on any atom is -0.467 e. The van der Waals surface area contributed by atoms with Crippen molar-refractivity contribution in [2.75, 3.05) is 50.7 Å². The van der Waals surface area contributed by atoms with Crippen molar-refractivity contribution in [3.63, 3.8) is 0 Å². The smallest absolute Gasteiger partial charge is 0.318 e. The number of hydrogen-bond donors (Lipinski definition) is 0. The Morgan fingerprint density at radius 2 is 1.89 bits per heavy atom. The van der Waals surface area contributed by atoms with Crippen molar-refractivity contribution in [3.05, 3.63) is 52.7 Å². The predicted octanol–water partition coefficient (Wildman–Crippen LogP) is 3.95. The van der Waals surface area contributed by atoms with Gasteiger partial charge in [0, 0.05) is 49.2 Å². The van der Waals surface area contributed by atoms with Crippen molar-refractivity contribution < 1.29 is 14.4 Å². The first-order valence-corrected chi connectivity index (χ1v) is 12.8. The molecule has 0 bridgehead atoms. The van der Waals surface area contributed by atoms with Gasteiger partial charge in [-0.15, -0.1) is 0 Å². The second kappa shape index (κ2) is 9.09. The minimum absolute atomic E-state index is 0.0334. The average molecular weight is 508 g/mol.